The third kappa shape index (κ3) is 3.01. The molecule has 20 heavy (non-hydrogen) atoms. The van der Waals surface area contributed by atoms with Crippen molar-refractivity contribution in [3.8, 4) is 0 Å². The number of fused-ring (bicyclic) bond motifs is 1. The topological polar surface area (TPSA) is 50.8 Å². The van der Waals surface area contributed by atoms with Gasteiger partial charge < -0.3 is 4.57 Å². The zero-order valence-corrected chi connectivity index (χ0v) is 15.0. The molecule has 0 aromatic carbocycles. The first-order chi connectivity index (χ1) is 9.47. The molecule has 0 bridgehead atoms. The fraction of sp³-hybridized carbons (Fsp3) is 0.286. The van der Waals surface area contributed by atoms with Gasteiger partial charge in [0, 0.05) is 60.7 Å². The summed E-state index contributed by atoms with van der Waals surface area (Å²) in [5.74, 6) is 0. The van der Waals surface area contributed by atoms with Gasteiger partial charge in [-0.2, -0.15) is 0 Å². The van der Waals surface area contributed by atoms with Gasteiger partial charge in [-0.05, 0) is 18.6 Å². The van der Waals surface area contributed by atoms with E-state index >= 15 is 0 Å². The van der Waals surface area contributed by atoms with Crippen LogP contribution in [0.4, 0.5) is 0 Å². The lowest BCUT2D eigenvalue weighted by molar-refractivity contribution is 0.867. The lowest BCUT2D eigenvalue weighted by atomic mass is 10.0. The molecule has 0 aliphatic heterocycles. The van der Waals surface area contributed by atoms with Crippen LogP contribution in [0.5, 0.6) is 0 Å². The van der Waals surface area contributed by atoms with Crippen LogP contribution in [0.15, 0.2) is 35.4 Å². The van der Waals surface area contributed by atoms with Gasteiger partial charge >= 0.3 is 0 Å². The summed E-state index contributed by atoms with van der Waals surface area (Å²) in [7, 11) is 3.14. The Labute approximate surface area is 135 Å². The Kier molecular flexibility index (Phi) is 6.07. The largest absolute Gasteiger partial charge is 0.316 e. The third-order valence-electron chi connectivity index (χ3n) is 2.76. The fourth-order valence-electron chi connectivity index (χ4n) is 1.82. The number of halogens is 1. The van der Waals surface area contributed by atoms with E-state index in [1.807, 2.05) is 30.1 Å². The van der Waals surface area contributed by atoms with E-state index in [-0.39, 0.29) is 5.56 Å². The van der Waals surface area contributed by atoms with Crippen LogP contribution >= 0.6 is 30.3 Å². The standard InChI is InChI=1S/C12H12IN3OS.C2H6/c1-7(2)10(14)9-6-15(3)12(17)11-8(9)4-5-16(11)18-13;1-2/h4-6,14H,1H2,2-3H3;1-2H3. The van der Waals surface area contributed by atoms with Crippen molar-refractivity contribution in [2.24, 2.45) is 7.05 Å². The number of nitrogens with one attached hydrogen (secondary N) is 1. The molecule has 0 spiro atoms. The molecule has 4 nitrogen and oxygen atoms in total. The van der Waals surface area contributed by atoms with Crippen LogP contribution in [0.1, 0.15) is 26.3 Å². The highest BCUT2D eigenvalue weighted by atomic mass is 127. The Morgan fingerprint density at radius 3 is 2.55 bits per heavy atom. The van der Waals surface area contributed by atoms with Gasteiger partial charge in [0.05, 0.1) is 5.71 Å². The van der Waals surface area contributed by atoms with Crippen molar-refractivity contribution in [3.63, 3.8) is 0 Å². The van der Waals surface area contributed by atoms with Crippen LogP contribution in [-0.4, -0.2) is 14.3 Å². The first kappa shape index (κ1) is 17.0. The molecule has 2 rings (SSSR count). The summed E-state index contributed by atoms with van der Waals surface area (Å²) < 4.78 is 3.33. The molecule has 0 amide bonds. The van der Waals surface area contributed by atoms with Crippen molar-refractivity contribution in [1.29, 1.82) is 5.41 Å². The fourth-order valence-corrected chi connectivity index (χ4v) is 3.15. The average molecular weight is 403 g/mol. The maximum absolute atomic E-state index is 12.1. The summed E-state index contributed by atoms with van der Waals surface area (Å²) in [5, 5.41) is 8.87. The average Bonchev–Trinajstić information content (AvgIpc) is 2.88. The molecule has 1 N–H and O–H groups in total. The van der Waals surface area contributed by atoms with Gasteiger partial charge in [-0.1, -0.05) is 20.4 Å². The molecule has 0 aliphatic rings. The molecular formula is C14H18IN3OS. The van der Waals surface area contributed by atoms with E-state index in [2.05, 4.69) is 27.8 Å². The van der Waals surface area contributed by atoms with Crippen molar-refractivity contribution in [2.75, 3.05) is 0 Å². The van der Waals surface area contributed by atoms with Gasteiger partial charge in [0.2, 0.25) is 0 Å². The molecule has 0 radical (unpaired) electrons. The lowest BCUT2D eigenvalue weighted by Gasteiger charge is -2.08. The zero-order chi connectivity index (χ0) is 15.4. The summed E-state index contributed by atoms with van der Waals surface area (Å²) in [6.45, 7) is 9.59. The van der Waals surface area contributed by atoms with Gasteiger partial charge in [0.15, 0.2) is 0 Å². The minimum atomic E-state index is -0.0579. The second-order valence-corrected chi connectivity index (χ2v) is 5.80. The van der Waals surface area contributed by atoms with E-state index in [0.717, 1.165) is 10.9 Å². The summed E-state index contributed by atoms with van der Waals surface area (Å²) >= 11 is 2.13. The van der Waals surface area contributed by atoms with Crippen molar-refractivity contribution >= 4 is 46.9 Å². The molecule has 2 heterocycles. The summed E-state index contributed by atoms with van der Waals surface area (Å²) in [6.07, 6.45) is 3.54. The van der Waals surface area contributed by atoms with Gasteiger partial charge in [-0.15, -0.1) is 0 Å². The second kappa shape index (κ2) is 7.12. The molecule has 0 atom stereocenters. The van der Waals surface area contributed by atoms with E-state index in [1.54, 1.807) is 20.2 Å². The van der Waals surface area contributed by atoms with Crippen LogP contribution < -0.4 is 5.56 Å². The lowest BCUT2D eigenvalue weighted by Crippen LogP contribution is -2.20. The van der Waals surface area contributed by atoms with Gasteiger partial charge in [0.25, 0.3) is 5.56 Å². The van der Waals surface area contributed by atoms with Crippen molar-refractivity contribution < 1.29 is 0 Å². The molecule has 2 aromatic rings. The van der Waals surface area contributed by atoms with Crippen molar-refractivity contribution in [1.82, 2.24) is 8.54 Å². The molecule has 0 fully saturated rings. The quantitative estimate of drug-likeness (QED) is 0.618. The highest BCUT2D eigenvalue weighted by Crippen LogP contribution is 2.25. The van der Waals surface area contributed by atoms with Crippen LogP contribution in [0.3, 0.4) is 0 Å². The third-order valence-corrected chi connectivity index (χ3v) is 4.48. The van der Waals surface area contributed by atoms with Crippen LogP contribution in [-0.2, 0) is 7.05 Å². The predicted molar refractivity (Wildman–Crippen MR) is 97.2 cm³/mol. The van der Waals surface area contributed by atoms with Crippen LogP contribution in [0, 0.1) is 5.41 Å². The molecule has 2 aromatic heterocycles. The highest BCUT2D eigenvalue weighted by Gasteiger charge is 2.15. The molecule has 108 valence electrons. The monoisotopic (exact) mass is 403 g/mol. The van der Waals surface area contributed by atoms with Crippen LogP contribution in [0.25, 0.3) is 10.9 Å². The molecule has 0 aliphatic carbocycles. The Balaban J connectivity index is 0.000000956. The molecular weight excluding hydrogens is 385 g/mol. The first-order valence-corrected chi connectivity index (χ1v) is 9.53. The number of pyridine rings is 1. The summed E-state index contributed by atoms with van der Waals surface area (Å²) in [6, 6.07) is 1.87. The minimum Gasteiger partial charge on any atom is -0.316 e. The Morgan fingerprint density at radius 1 is 1.45 bits per heavy atom. The molecule has 0 saturated carbocycles. The van der Waals surface area contributed by atoms with Crippen LogP contribution in [0.2, 0.25) is 0 Å². The highest BCUT2D eigenvalue weighted by molar-refractivity contribution is 14.2. The number of hydrogen-bond donors (Lipinski definition) is 1. The Bertz CT molecular complexity index is 715. The van der Waals surface area contributed by atoms with Gasteiger partial charge in [-0.3, -0.25) is 14.2 Å². The Morgan fingerprint density at radius 2 is 2.05 bits per heavy atom. The summed E-state index contributed by atoms with van der Waals surface area (Å²) in [5.41, 5.74) is 2.35. The van der Waals surface area contributed by atoms with Gasteiger partial charge in [-0.25, -0.2) is 0 Å². The number of hydrogen-bond acceptors (Lipinski definition) is 3. The van der Waals surface area contributed by atoms with E-state index in [4.69, 9.17) is 5.41 Å². The Hall–Kier alpha value is -1.02. The maximum atomic E-state index is 12.1. The smallest absolute Gasteiger partial charge is 0.275 e. The van der Waals surface area contributed by atoms with E-state index in [9.17, 15) is 4.79 Å². The molecule has 6 heteroatoms. The number of nitrogens with zero attached hydrogens (tertiary/aromatic N) is 2. The molecule has 0 unspecified atom stereocenters. The van der Waals surface area contributed by atoms with Crippen molar-refractivity contribution in [2.45, 2.75) is 20.8 Å². The number of aromatic nitrogens is 2. The normalized spacial score (nSPS) is 10.1. The maximum Gasteiger partial charge on any atom is 0.275 e. The number of rotatable bonds is 3. The second-order valence-electron chi connectivity index (χ2n) is 4.09. The van der Waals surface area contributed by atoms with E-state index in [1.165, 1.54) is 13.7 Å². The number of allylic oxidation sites excluding steroid dienone is 1. The SMILES string of the molecule is C=C(C)C(=N)c1cn(C)c(=O)c2c1ccn2SI.CC. The zero-order valence-electron chi connectivity index (χ0n) is 12.0. The predicted octanol–water partition coefficient (Wildman–Crippen LogP) is 4.16. The minimum absolute atomic E-state index is 0.0579. The summed E-state index contributed by atoms with van der Waals surface area (Å²) in [4.78, 5) is 12.1. The van der Waals surface area contributed by atoms with Crippen molar-refractivity contribution in [3.05, 3.63) is 46.5 Å². The molecule has 0 saturated heterocycles. The van der Waals surface area contributed by atoms with Gasteiger partial charge in [0.1, 0.15) is 5.52 Å². The van der Waals surface area contributed by atoms with E-state index < -0.39 is 0 Å². The first-order valence-electron chi connectivity index (χ1n) is 6.22. The van der Waals surface area contributed by atoms with E-state index in [0.29, 0.717) is 16.8 Å². The number of aryl methyl sites for hydroxylation is 1.